The number of rotatable bonds is 10. The van der Waals surface area contributed by atoms with Crippen LogP contribution in [0, 0.1) is 12.3 Å². The SMILES string of the molecule is C#Cc1ccc(C(C(=O)NC2CCCCC2)N(C(=O)C(CCC(N)=O)NC(=O)OC(C)(C)C)C2CCC2)cc1. The Kier molecular flexibility index (Phi) is 10.4. The molecule has 1 aromatic carbocycles. The van der Waals surface area contributed by atoms with Crippen molar-refractivity contribution in [1.29, 1.82) is 0 Å². The number of hydrogen-bond donors (Lipinski definition) is 3. The molecular weight excluding hydrogens is 496 g/mol. The van der Waals surface area contributed by atoms with Gasteiger partial charge in [-0.2, -0.15) is 0 Å². The van der Waals surface area contributed by atoms with Gasteiger partial charge in [-0.15, -0.1) is 6.42 Å². The Morgan fingerprint density at radius 1 is 1.05 bits per heavy atom. The molecule has 39 heavy (non-hydrogen) atoms. The topological polar surface area (TPSA) is 131 Å². The highest BCUT2D eigenvalue weighted by Crippen LogP contribution is 2.34. The molecule has 9 nitrogen and oxygen atoms in total. The summed E-state index contributed by atoms with van der Waals surface area (Å²) in [4.78, 5) is 54.0. The van der Waals surface area contributed by atoms with Gasteiger partial charge in [0.1, 0.15) is 17.7 Å². The minimum Gasteiger partial charge on any atom is -0.444 e. The fourth-order valence-electron chi connectivity index (χ4n) is 5.08. The summed E-state index contributed by atoms with van der Waals surface area (Å²) in [6, 6.07) is 4.90. The minimum absolute atomic E-state index is 0.0103. The first-order valence-corrected chi connectivity index (χ1v) is 14.0. The molecule has 0 radical (unpaired) electrons. The van der Waals surface area contributed by atoms with Gasteiger partial charge in [-0.25, -0.2) is 4.79 Å². The maximum absolute atomic E-state index is 14.2. The Hall–Kier alpha value is -3.54. The molecule has 1 aromatic rings. The van der Waals surface area contributed by atoms with Gasteiger partial charge in [-0.3, -0.25) is 14.4 Å². The fraction of sp³-hybridized carbons (Fsp3) is 0.600. The lowest BCUT2D eigenvalue weighted by Gasteiger charge is -2.44. The van der Waals surface area contributed by atoms with E-state index in [4.69, 9.17) is 16.9 Å². The zero-order valence-electron chi connectivity index (χ0n) is 23.3. The van der Waals surface area contributed by atoms with Crippen LogP contribution in [-0.2, 0) is 19.1 Å². The minimum atomic E-state index is -1.09. The summed E-state index contributed by atoms with van der Waals surface area (Å²) in [5, 5.41) is 5.82. The number of ether oxygens (including phenoxy) is 1. The normalized spacial score (nSPS) is 17.6. The lowest BCUT2D eigenvalue weighted by Crippen LogP contribution is -2.58. The summed E-state index contributed by atoms with van der Waals surface area (Å²) in [6.45, 7) is 5.16. The number of nitrogens with one attached hydrogen (secondary N) is 2. The van der Waals surface area contributed by atoms with E-state index in [-0.39, 0.29) is 30.8 Å². The number of carbonyl (C=O) groups is 4. The molecule has 0 aliphatic heterocycles. The Morgan fingerprint density at radius 2 is 1.69 bits per heavy atom. The Bertz CT molecular complexity index is 1060. The zero-order valence-corrected chi connectivity index (χ0v) is 23.3. The largest absolute Gasteiger partial charge is 0.444 e. The summed E-state index contributed by atoms with van der Waals surface area (Å²) in [5.41, 5.74) is 5.90. The van der Waals surface area contributed by atoms with Crippen molar-refractivity contribution in [3.8, 4) is 12.3 Å². The predicted molar refractivity (Wildman–Crippen MR) is 148 cm³/mol. The van der Waals surface area contributed by atoms with Crippen molar-refractivity contribution >= 4 is 23.8 Å². The van der Waals surface area contributed by atoms with Crippen LogP contribution >= 0.6 is 0 Å². The smallest absolute Gasteiger partial charge is 0.408 e. The average Bonchev–Trinajstić information content (AvgIpc) is 2.84. The molecule has 2 saturated carbocycles. The standard InChI is InChI=1S/C30H42N4O5/c1-5-20-14-16-21(17-15-20)26(27(36)32-22-10-7-6-8-11-22)34(23-12-9-13-23)28(37)24(18-19-25(31)35)33-29(38)39-30(2,3)4/h1,14-17,22-24,26H,6-13,18-19H2,2-4H3,(H2,31,35)(H,32,36)(H,33,38). The molecule has 4 N–H and O–H groups in total. The second kappa shape index (κ2) is 13.5. The monoisotopic (exact) mass is 538 g/mol. The Morgan fingerprint density at radius 3 is 2.21 bits per heavy atom. The van der Waals surface area contributed by atoms with E-state index in [1.54, 1.807) is 49.9 Å². The van der Waals surface area contributed by atoms with E-state index in [0.717, 1.165) is 51.4 Å². The molecule has 212 valence electrons. The van der Waals surface area contributed by atoms with Crippen LogP contribution in [0.15, 0.2) is 24.3 Å². The van der Waals surface area contributed by atoms with Crippen LogP contribution in [0.2, 0.25) is 0 Å². The first kappa shape index (κ1) is 30.0. The van der Waals surface area contributed by atoms with Gasteiger partial charge in [0.25, 0.3) is 0 Å². The highest BCUT2D eigenvalue weighted by atomic mass is 16.6. The van der Waals surface area contributed by atoms with Crippen molar-refractivity contribution in [2.24, 2.45) is 5.73 Å². The number of amides is 4. The van der Waals surface area contributed by atoms with Gasteiger partial charge in [0, 0.05) is 24.1 Å². The molecular formula is C30H42N4O5. The summed E-state index contributed by atoms with van der Waals surface area (Å²) >= 11 is 0. The van der Waals surface area contributed by atoms with E-state index in [1.807, 2.05) is 0 Å². The number of benzene rings is 1. The third-order valence-corrected chi connectivity index (χ3v) is 7.26. The van der Waals surface area contributed by atoms with Crippen molar-refractivity contribution in [3.05, 3.63) is 35.4 Å². The molecule has 4 amide bonds. The third kappa shape index (κ3) is 8.74. The van der Waals surface area contributed by atoms with Gasteiger partial charge in [0.05, 0.1) is 0 Å². The van der Waals surface area contributed by atoms with Crippen LogP contribution < -0.4 is 16.4 Å². The van der Waals surface area contributed by atoms with Crippen LogP contribution in [0.1, 0.15) is 102 Å². The van der Waals surface area contributed by atoms with Crippen LogP contribution in [0.25, 0.3) is 0 Å². The number of hydrogen-bond acceptors (Lipinski definition) is 5. The molecule has 9 heteroatoms. The molecule has 0 saturated heterocycles. The lowest BCUT2D eigenvalue weighted by atomic mass is 9.87. The molecule has 0 aromatic heterocycles. The zero-order chi connectivity index (χ0) is 28.6. The molecule has 0 spiro atoms. The highest BCUT2D eigenvalue weighted by Gasteiger charge is 2.42. The van der Waals surface area contributed by atoms with Gasteiger partial charge in [0.2, 0.25) is 17.7 Å². The molecule has 2 aliphatic carbocycles. The molecule has 2 fully saturated rings. The van der Waals surface area contributed by atoms with Gasteiger partial charge >= 0.3 is 6.09 Å². The Balaban J connectivity index is 1.97. The van der Waals surface area contributed by atoms with Crippen molar-refractivity contribution in [2.45, 2.75) is 115 Å². The quantitative estimate of drug-likeness (QED) is 0.391. The molecule has 2 unspecified atom stereocenters. The van der Waals surface area contributed by atoms with E-state index in [9.17, 15) is 19.2 Å². The molecule has 0 heterocycles. The number of nitrogens with two attached hydrogens (primary N) is 1. The van der Waals surface area contributed by atoms with Gasteiger partial charge in [0.15, 0.2) is 0 Å². The average molecular weight is 539 g/mol. The first-order valence-electron chi connectivity index (χ1n) is 14.0. The number of nitrogens with zero attached hydrogens (tertiary/aromatic N) is 1. The van der Waals surface area contributed by atoms with E-state index >= 15 is 0 Å². The summed E-state index contributed by atoms with van der Waals surface area (Å²) in [5.74, 6) is 1.28. The molecule has 2 atom stereocenters. The van der Waals surface area contributed by atoms with Gasteiger partial charge in [-0.1, -0.05) is 37.3 Å². The third-order valence-electron chi connectivity index (χ3n) is 7.26. The molecule has 0 bridgehead atoms. The second-order valence-corrected chi connectivity index (χ2v) is 11.5. The first-order chi connectivity index (χ1) is 18.5. The summed E-state index contributed by atoms with van der Waals surface area (Å²) < 4.78 is 5.39. The van der Waals surface area contributed by atoms with Crippen LogP contribution in [0.4, 0.5) is 4.79 Å². The predicted octanol–water partition coefficient (Wildman–Crippen LogP) is 3.70. The molecule has 2 aliphatic rings. The van der Waals surface area contributed by atoms with E-state index in [1.165, 1.54) is 0 Å². The summed E-state index contributed by atoms with van der Waals surface area (Å²) in [7, 11) is 0. The summed E-state index contributed by atoms with van der Waals surface area (Å²) in [6.07, 6.45) is 12.1. The number of terminal acetylenes is 1. The van der Waals surface area contributed by atoms with Crippen LogP contribution in [0.5, 0.6) is 0 Å². The second-order valence-electron chi connectivity index (χ2n) is 11.5. The maximum Gasteiger partial charge on any atom is 0.408 e. The Labute approximate surface area is 231 Å². The van der Waals surface area contributed by atoms with Crippen LogP contribution in [-0.4, -0.2) is 52.4 Å². The lowest BCUT2D eigenvalue weighted by molar-refractivity contribution is -0.148. The van der Waals surface area contributed by atoms with Gasteiger partial charge in [-0.05, 0) is 77.0 Å². The van der Waals surface area contributed by atoms with Crippen molar-refractivity contribution in [2.75, 3.05) is 0 Å². The van der Waals surface area contributed by atoms with Gasteiger partial charge < -0.3 is 26.0 Å². The van der Waals surface area contributed by atoms with E-state index in [2.05, 4.69) is 16.6 Å². The number of primary amides is 1. The van der Waals surface area contributed by atoms with E-state index in [0.29, 0.717) is 11.1 Å². The maximum atomic E-state index is 14.2. The van der Waals surface area contributed by atoms with Crippen LogP contribution in [0.3, 0.4) is 0 Å². The number of alkyl carbamates (subject to hydrolysis) is 1. The van der Waals surface area contributed by atoms with E-state index < -0.39 is 35.6 Å². The van der Waals surface area contributed by atoms with Crippen molar-refractivity contribution in [1.82, 2.24) is 15.5 Å². The van der Waals surface area contributed by atoms with Crippen molar-refractivity contribution < 1.29 is 23.9 Å². The molecule has 3 rings (SSSR count). The number of carbonyl (C=O) groups excluding carboxylic acids is 4. The van der Waals surface area contributed by atoms with Crippen molar-refractivity contribution in [3.63, 3.8) is 0 Å². The fourth-order valence-corrected chi connectivity index (χ4v) is 5.08. The highest BCUT2D eigenvalue weighted by molar-refractivity contribution is 5.93.